The Labute approximate surface area is 117 Å². The van der Waals surface area contributed by atoms with Crippen LogP contribution in [-0.2, 0) is 6.54 Å². The van der Waals surface area contributed by atoms with Crippen LogP contribution in [0.1, 0.15) is 52.0 Å². The summed E-state index contributed by atoms with van der Waals surface area (Å²) in [6, 6.07) is 9.12. The minimum Gasteiger partial charge on any atom is -0.494 e. The van der Waals surface area contributed by atoms with Crippen LogP contribution >= 0.6 is 0 Å². The first-order valence-electron chi connectivity index (χ1n) is 7.54. The first kappa shape index (κ1) is 14.4. The second-order valence-electron chi connectivity index (χ2n) is 6.42. The van der Waals surface area contributed by atoms with E-state index in [-0.39, 0.29) is 0 Å². The maximum absolute atomic E-state index is 5.46. The fourth-order valence-electron chi connectivity index (χ4n) is 3.00. The van der Waals surface area contributed by atoms with E-state index in [1.807, 2.05) is 6.92 Å². The fourth-order valence-corrected chi connectivity index (χ4v) is 3.00. The van der Waals surface area contributed by atoms with Crippen molar-refractivity contribution >= 4 is 0 Å². The van der Waals surface area contributed by atoms with Crippen molar-refractivity contribution in [1.29, 1.82) is 0 Å². The molecular weight excluding hydrogens is 234 g/mol. The lowest BCUT2D eigenvalue weighted by Crippen LogP contribution is -2.36. The molecular formula is C17H27NO. The number of hydrogen-bond donors (Lipinski definition) is 1. The summed E-state index contributed by atoms with van der Waals surface area (Å²) in [5.74, 6) is 0.963. The highest BCUT2D eigenvalue weighted by molar-refractivity contribution is 5.27. The summed E-state index contributed by atoms with van der Waals surface area (Å²) in [5.41, 5.74) is 1.85. The molecule has 0 spiro atoms. The van der Waals surface area contributed by atoms with Gasteiger partial charge in [0.15, 0.2) is 0 Å². The highest BCUT2D eigenvalue weighted by atomic mass is 16.5. The topological polar surface area (TPSA) is 21.3 Å². The van der Waals surface area contributed by atoms with Gasteiger partial charge in [0.1, 0.15) is 5.75 Å². The molecule has 1 atom stereocenters. The lowest BCUT2D eigenvalue weighted by molar-refractivity contribution is 0.198. The molecule has 0 aliphatic heterocycles. The van der Waals surface area contributed by atoms with Crippen molar-refractivity contribution < 1.29 is 4.74 Å². The Morgan fingerprint density at radius 3 is 2.63 bits per heavy atom. The van der Waals surface area contributed by atoms with Crippen LogP contribution in [0.5, 0.6) is 5.75 Å². The van der Waals surface area contributed by atoms with E-state index in [1.165, 1.54) is 31.2 Å². The van der Waals surface area contributed by atoms with Gasteiger partial charge in [-0.25, -0.2) is 0 Å². The zero-order valence-electron chi connectivity index (χ0n) is 12.5. The van der Waals surface area contributed by atoms with Crippen LogP contribution in [0.3, 0.4) is 0 Å². The van der Waals surface area contributed by atoms with Crippen LogP contribution in [0.4, 0.5) is 0 Å². The minimum atomic E-state index is 0.509. The lowest BCUT2D eigenvalue weighted by atomic mass is 9.75. The van der Waals surface area contributed by atoms with Gasteiger partial charge in [-0.2, -0.15) is 0 Å². The van der Waals surface area contributed by atoms with Gasteiger partial charge in [-0.05, 0) is 49.3 Å². The maximum atomic E-state index is 5.46. The van der Waals surface area contributed by atoms with Gasteiger partial charge in [0.2, 0.25) is 0 Å². The molecule has 1 aliphatic carbocycles. The monoisotopic (exact) mass is 261 g/mol. The van der Waals surface area contributed by atoms with E-state index in [2.05, 4.69) is 43.4 Å². The highest BCUT2D eigenvalue weighted by Crippen LogP contribution is 2.35. The summed E-state index contributed by atoms with van der Waals surface area (Å²) in [7, 11) is 0. The predicted octanol–water partition coefficient (Wildman–Crippen LogP) is 4.14. The van der Waals surface area contributed by atoms with Crippen LogP contribution in [0.25, 0.3) is 0 Å². The molecule has 2 heteroatoms. The quantitative estimate of drug-likeness (QED) is 0.860. The molecule has 0 bridgehead atoms. The van der Waals surface area contributed by atoms with Crippen molar-refractivity contribution in [3.8, 4) is 5.75 Å². The molecule has 0 aromatic heterocycles. The number of benzene rings is 1. The van der Waals surface area contributed by atoms with Crippen LogP contribution in [0.2, 0.25) is 0 Å². The number of rotatable bonds is 5. The fraction of sp³-hybridized carbons (Fsp3) is 0.647. The third kappa shape index (κ3) is 4.54. The Balaban J connectivity index is 1.81. The molecule has 1 unspecified atom stereocenters. The summed E-state index contributed by atoms with van der Waals surface area (Å²) in [4.78, 5) is 0. The molecule has 19 heavy (non-hydrogen) atoms. The van der Waals surface area contributed by atoms with Crippen molar-refractivity contribution in [3.05, 3.63) is 29.8 Å². The zero-order chi connectivity index (χ0) is 13.7. The van der Waals surface area contributed by atoms with Gasteiger partial charge in [0.25, 0.3) is 0 Å². The Hall–Kier alpha value is -1.02. The largest absolute Gasteiger partial charge is 0.494 e. The number of nitrogens with one attached hydrogen (secondary N) is 1. The van der Waals surface area contributed by atoms with E-state index in [4.69, 9.17) is 4.74 Å². The average Bonchev–Trinajstić information content (AvgIpc) is 2.37. The summed E-state index contributed by atoms with van der Waals surface area (Å²) in [5, 5.41) is 3.70. The molecule has 1 aliphatic rings. The molecule has 1 aromatic carbocycles. The summed E-state index contributed by atoms with van der Waals surface area (Å²) in [6.45, 7) is 8.48. The number of hydrogen-bond acceptors (Lipinski definition) is 2. The Bertz CT molecular complexity index is 383. The Morgan fingerprint density at radius 1 is 1.26 bits per heavy atom. The van der Waals surface area contributed by atoms with Crippen molar-refractivity contribution in [2.45, 2.75) is 59.0 Å². The SMILES string of the molecule is CCOc1ccc(CNC2CCCC(C)(C)C2)cc1. The van der Waals surface area contributed by atoms with Crippen molar-refractivity contribution in [1.82, 2.24) is 5.32 Å². The Morgan fingerprint density at radius 2 is 2.00 bits per heavy atom. The molecule has 106 valence electrons. The van der Waals surface area contributed by atoms with E-state index in [9.17, 15) is 0 Å². The van der Waals surface area contributed by atoms with Crippen LogP contribution < -0.4 is 10.1 Å². The molecule has 0 radical (unpaired) electrons. The molecule has 0 saturated heterocycles. The molecule has 1 N–H and O–H groups in total. The first-order valence-corrected chi connectivity index (χ1v) is 7.54. The third-order valence-electron chi connectivity index (χ3n) is 4.03. The molecule has 1 saturated carbocycles. The summed E-state index contributed by atoms with van der Waals surface area (Å²) in [6.07, 6.45) is 5.34. The van der Waals surface area contributed by atoms with Gasteiger partial charge >= 0.3 is 0 Å². The maximum Gasteiger partial charge on any atom is 0.119 e. The van der Waals surface area contributed by atoms with Crippen LogP contribution in [0, 0.1) is 5.41 Å². The van der Waals surface area contributed by atoms with Gasteiger partial charge < -0.3 is 10.1 Å². The average molecular weight is 261 g/mol. The van der Waals surface area contributed by atoms with Crippen LogP contribution in [-0.4, -0.2) is 12.6 Å². The van der Waals surface area contributed by atoms with Crippen LogP contribution in [0.15, 0.2) is 24.3 Å². The molecule has 0 amide bonds. The van der Waals surface area contributed by atoms with Gasteiger partial charge in [0.05, 0.1) is 6.61 Å². The zero-order valence-corrected chi connectivity index (χ0v) is 12.5. The smallest absolute Gasteiger partial charge is 0.119 e. The minimum absolute atomic E-state index is 0.509. The van der Waals surface area contributed by atoms with E-state index < -0.39 is 0 Å². The molecule has 1 aromatic rings. The molecule has 1 fully saturated rings. The van der Waals surface area contributed by atoms with Gasteiger partial charge in [-0.15, -0.1) is 0 Å². The van der Waals surface area contributed by atoms with Crippen molar-refractivity contribution in [2.75, 3.05) is 6.61 Å². The normalized spacial score (nSPS) is 22.2. The van der Waals surface area contributed by atoms with Crippen molar-refractivity contribution in [3.63, 3.8) is 0 Å². The van der Waals surface area contributed by atoms with Gasteiger partial charge in [-0.3, -0.25) is 0 Å². The molecule has 0 heterocycles. The first-order chi connectivity index (χ1) is 9.09. The summed E-state index contributed by atoms with van der Waals surface area (Å²) < 4.78 is 5.46. The predicted molar refractivity (Wildman–Crippen MR) is 80.5 cm³/mol. The van der Waals surface area contributed by atoms with E-state index in [0.29, 0.717) is 11.5 Å². The molecule has 2 nitrogen and oxygen atoms in total. The molecule has 2 rings (SSSR count). The van der Waals surface area contributed by atoms with E-state index in [0.717, 1.165) is 18.9 Å². The second-order valence-corrected chi connectivity index (χ2v) is 6.42. The third-order valence-corrected chi connectivity index (χ3v) is 4.03. The van der Waals surface area contributed by atoms with E-state index >= 15 is 0 Å². The van der Waals surface area contributed by atoms with Crippen molar-refractivity contribution in [2.24, 2.45) is 5.41 Å². The van der Waals surface area contributed by atoms with E-state index in [1.54, 1.807) is 0 Å². The lowest BCUT2D eigenvalue weighted by Gasteiger charge is -2.35. The number of ether oxygens (including phenoxy) is 1. The Kier molecular flexibility index (Phi) is 4.87. The van der Waals surface area contributed by atoms with Gasteiger partial charge in [-0.1, -0.05) is 32.4 Å². The van der Waals surface area contributed by atoms with Gasteiger partial charge in [0, 0.05) is 12.6 Å². The summed E-state index contributed by atoms with van der Waals surface area (Å²) >= 11 is 0. The standard InChI is InChI=1S/C17H27NO/c1-4-19-16-9-7-14(8-10-16)13-18-15-6-5-11-17(2,3)12-15/h7-10,15,18H,4-6,11-13H2,1-3H3. The highest BCUT2D eigenvalue weighted by Gasteiger charge is 2.27. The second kappa shape index (κ2) is 6.42.